The Morgan fingerprint density at radius 1 is 1.21 bits per heavy atom. The Morgan fingerprint density at radius 2 is 2.00 bits per heavy atom. The molecule has 1 N–H and O–H groups in total. The number of halogens is 1. The number of benzene rings is 2. The normalized spacial score (nSPS) is 13.0. The standard InChI is InChI=1S/C17H12FNO4S/c18-12-4-2-1-3-11(12)14(20)8-23-17(22)10-5-6-15-13(7-10)19-16(21)9-24-15/h1-7H,8-9H2,(H,19,21). The first-order valence-corrected chi connectivity index (χ1v) is 8.05. The highest BCUT2D eigenvalue weighted by Gasteiger charge is 2.19. The number of carbonyl (C=O) groups is 3. The van der Waals surface area contributed by atoms with Crippen LogP contribution in [0, 0.1) is 5.82 Å². The number of nitrogens with one attached hydrogen (secondary N) is 1. The Kier molecular flexibility index (Phi) is 4.61. The average molecular weight is 345 g/mol. The van der Waals surface area contributed by atoms with Crippen LogP contribution in [-0.4, -0.2) is 30.0 Å². The highest BCUT2D eigenvalue weighted by atomic mass is 32.2. The lowest BCUT2D eigenvalue weighted by Crippen LogP contribution is -2.19. The van der Waals surface area contributed by atoms with Crippen molar-refractivity contribution in [2.24, 2.45) is 0 Å². The summed E-state index contributed by atoms with van der Waals surface area (Å²) in [4.78, 5) is 36.2. The third-order valence-electron chi connectivity index (χ3n) is 3.36. The molecule has 0 aromatic heterocycles. The van der Waals surface area contributed by atoms with Gasteiger partial charge in [-0.25, -0.2) is 9.18 Å². The molecule has 0 atom stereocenters. The predicted molar refractivity (Wildman–Crippen MR) is 86.8 cm³/mol. The van der Waals surface area contributed by atoms with E-state index in [1.165, 1.54) is 42.1 Å². The molecule has 0 radical (unpaired) electrons. The first-order valence-electron chi connectivity index (χ1n) is 7.06. The van der Waals surface area contributed by atoms with Gasteiger partial charge in [0.25, 0.3) is 0 Å². The molecule has 122 valence electrons. The van der Waals surface area contributed by atoms with Crippen LogP contribution in [0.4, 0.5) is 10.1 Å². The molecule has 0 spiro atoms. The molecule has 2 aromatic carbocycles. The number of esters is 1. The molecule has 0 unspecified atom stereocenters. The summed E-state index contributed by atoms with van der Waals surface area (Å²) in [6.07, 6.45) is 0. The Hall–Kier alpha value is -2.67. The topological polar surface area (TPSA) is 72.5 Å². The molecule has 1 aliphatic heterocycles. The molecule has 0 aliphatic carbocycles. The van der Waals surface area contributed by atoms with Crippen molar-refractivity contribution in [1.82, 2.24) is 0 Å². The van der Waals surface area contributed by atoms with E-state index >= 15 is 0 Å². The maximum Gasteiger partial charge on any atom is 0.338 e. The maximum atomic E-state index is 13.5. The second kappa shape index (κ2) is 6.84. The molecular formula is C17H12FNO4S. The lowest BCUT2D eigenvalue weighted by atomic mass is 10.1. The van der Waals surface area contributed by atoms with Crippen LogP contribution in [-0.2, 0) is 9.53 Å². The molecule has 0 saturated carbocycles. The summed E-state index contributed by atoms with van der Waals surface area (Å²) in [5.74, 6) is -1.82. The average Bonchev–Trinajstić information content (AvgIpc) is 2.59. The fourth-order valence-corrected chi connectivity index (χ4v) is 2.98. The zero-order valence-electron chi connectivity index (χ0n) is 12.4. The van der Waals surface area contributed by atoms with E-state index in [2.05, 4.69) is 5.32 Å². The highest BCUT2D eigenvalue weighted by molar-refractivity contribution is 8.00. The van der Waals surface area contributed by atoms with Gasteiger partial charge in [0.2, 0.25) is 11.7 Å². The van der Waals surface area contributed by atoms with Gasteiger partial charge in [0.1, 0.15) is 5.82 Å². The number of thioether (sulfide) groups is 1. The predicted octanol–water partition coefficient (Wildman–Crippen LogP) is 2.91. The van der Waals surface area contributed by atoms with Gasteiger partial charge in [0.15, 0.2) is 6.61 Å². The van der Waals surface area contributed by atoms with E-state index < -0.39 is 24.2 Å². The minimum Gasteiger partial charge on any atom is -0.454 e. The second-order valence-corrected chi connectivity index (χ2v) is 6.04. The van der Waals surface area contributed by atoms with Crippen molar-refractivity contribution < 1.29 is 23.5 Å². The van der Waals surface area contributed by atoms with Crippen LogP contribution >= 0.6 is 11.8 Å². The smallest absolute Gasteiger partial charge is 0.338 e. The van der Waals surface area contributed by atoms with E-state index in [-0.39, 0.29) is 17.0 Å². The van der Waals surface area contributed by atoms with Crippen LogP contribution in [0.25, 0.3) is 0 Å². The Bertz CT molecular complexity index is 837. The fourth-order valence-electron chi connectivity index (χ4n) is 2.19. The van der Waals surface area contributed by atoms with Crippen LogP contribution in [0.5, 0.6) is 0 Å². The summed E-state index contributed by atoms with van der Waals surface area (Å²) in [6.45, 7) is -0.558. The third-order valence-corrected chi connectivity index (χ3v) is 4.43. The fraction of sp³-hybridized carbons (Fsp3) is 0.118. The Balaban J connectivity index is 1.67. The van der Waals surface area contributed by atoms with E-state index in [1.807, 2.05) is 0 Å². The maximum absolute atomic E-state index is 13.5. The number of hydrogen-bond donors (Lipinski definition) is 1. The van der Waals surface area contributed by atoms with Crippen LogP contribution in [0.1, 0.15) is 20.7 Å². The van der Waals surface area contributed by atoms with Gasteiger partial charge in [-0.3, -0.25) is 9.59 Å². The van der Waals surface area contributed by atoms with Crippen molar-refractivity contribution in [3.63, 3.8) is 0 Å². The minimum atomic E-state index is -0.715. The van der Waals surface area contributed by atoms with E-state index in [4.69, 9.17) is 4.74 Å². The zero-order valence-corrected chi connectivity index (χ0v) is 13.2. The number of ether oxygens (including phenoxy) is 1. The van der Waals surface area contributed by atoms with Crippen LogP contribution in [0.2, 0.25) is 0 Å². The van der Waals surface area contributed by atoms with Gasteiger partial charge in [-0.1, -0.05) is 12.1 Å². The number of ketones is 1. The largest absolute Gasteiger partial charge is 0.454 e. The first-order chi connectivity index (χ1) is 11.5. The van der Waals surface area contributed by atoms with Crippen LogP contribution < -0.4 is 5.32 Å². The quantitative estimate of drug-likeness (QED) is 0.681. The van der Waals surface area contributed by atoms with E-state index in [9.17, 15) is 18.8 Å². The SMILES string of the molecule is O=C1CSc2ccc(C(=O)OCC(=O)c3ccccc3F)cc2N1. The summed E-state index contributed by atoms with van der Waals surface area (Å²) in [7, 11) is 0. The molecule has 0 bridgehead atoms. The zero-order chi connectivity index (χ0) is 17.1. The highest BCUT2D eigenvalue weighted by Crippen LogP contribution is 2.32. The Labute approximate surface area is 141 Å². The van der Waals surface area contributed by atoms with Gasteiger partial charge in [-0.2, -0.15) is 0 Å². The summed E-state index contributed by atoms with van der Waals surface area (Å²) >= 11 is 1.37. The van der Waals surface area contributed by atoms with E-state index in [0.29, 0.717) is 11.4 Å². The van der Waals surface area contributed by atoms with Crippen molar-refractivity contribution in [2.75, 3.05) is 17.7 Å². The van der Waals surface area contributed by atoms with Crippen molar-refractivity contribution in [3.8, 4) is 0 Å². The molecule has 2 aromatic rings. The summed E-state index contributed by atoms with van der Waals surface area (Å²) < 4.78 is 18.5. The molecule has 24 heavy (non-hydrogen) atoms. The number of hydrogen-bond acceptors (Lipinski definition) is 5. The summed E-state index contributed by atoms with van der Waals surface area (Å²) in [5.41, 5.74) is 0.614. The molecule has 1 heterocycles. The Morgan fingerprint density at radius 3 is 2.79 bits per heavy atom. The number of fused-ring (bicyclic) bond motifs is 1. The van der Waals surface area contributed by atoms with Gasteiger partial charge in [-0.15, -0.1) is 11.8 Å². The molecule has 0 fully saturated rings. The van der Waals surface area contributed by atoms with Gasteiger partial charge >= 0.3 is 5.97 Å². The first kappa shape index (κ1) is 16.2. The van der Waals surface area contributed by atoms with Crippen molar-refractivity contribution in [1.29, 1.82) is 0 Å². The molecule has 5 nitrogen and oxygen atoms in total. The number of Topliss-reactive ketones (excluding diaryl/α,β-unsaturated/α-hetero) is 1. The lowest BCUT2D eigenvalue weighted by Gasteiger charge is -2.16. The van der Waals surface area contributed by atoms with Crippen molar-refractivity contribution in [2.45, 2.75) is 4.90 Å². The number of anilines is 1. The summed E-state index contributed by atoms with van der Waals surface area (Å²) in [6, 6.07) is 10.2. The summed E-state index contributed by atoms with van der Waals surface area (Å²) in [5, 5.41) is 2.67. The molecule has 0 saturated heterocycles. The van der Waals surface area contributed by atoms with E-state index in [0.717, 1.165) is 4.90 Å². The van der Waals surface area contributed by atoms with Gasteiger partial charge < -0.3 is 10.1 Å². The van der Waals surface area contributed by atoms with Crippen LogP contribution in [0.15, 0.2) is 47.4 Å². The molecule has 3 rings (SSSR count). The number of amides is 1. The van der Waals surface area contributed by atoms with Gasteiger partial charge in [0.05, 0.1) is 22.6 Å². The van der Waals surface area contributed by atoms with Gasteiger partial charge in [-0.05, 0) is 30.3 Å². The monoisotopic (exact) mass is 345 g/mol. The van der Waals surface area contributed by atoms with Crippen molar-refractivity contribution in [3.05, 3.63) is 59.4 Å². The molecule has 7 heteroatoms. The second-order valence-electron chi connectivity index (χ2n) is 5.03. The molecule has 1 amide bonds. The minimum absolute atomic E-state index is 0.126. The molecular weight excluding hydrogens is 333 g/mol. The lowest BCUT2D eigenvalue weighted by molar-refractivity contribution is -0.113. The molecule has 1 aliphatic rings. The van der Waals surface area contributed by atoms with E-state index in [1.54, 1.807) is 12.1 Å². The van der Waals surface area contributed by atoms with Crippen molar-refractivity contribution >= 4 is 35.1 Å². The third kappa shape index (κ3) is 3.46. The number of carbonyl (C=O) groups excluding carboxylic acids is 3. The van der Waals surface area contributed by atoms with Gasteiger partial charge in [0, 0.05) is 4.90 Å². The number of rotatable bonds is 4. The van der Waals surface area contributed by atoms with Crippen LogP contribution in [0.3, 0.4) is 0 Å².